The van der Waals surface area contributed by atoms with Gasteiger partial charge < -0.3 is 30.3 Å². The maximum absolute atomic E-state index is 12.4. The third kappa shape index (κ3) is 3.51. The predicted octanol–water partition coefficient (Wildman–Crippen LogP) is 1.51. The van der Waals surface area contributed by atoms with Gasteiger partial charge in [0.25, 0.3) is 0 Å². The van der Waals surface area contributed by atoms with Gasteiger partial charge in [-0.2, -0.15) is 0 Å². The lowest BCUT2D eigenvalue weighted by atomic mass is 9.41. The van der Waals surface area contributed by atoms with E-state index >= 15 is 0 Å². The number of aliphatic hydroxyl groups is 5. The quantitative estimate of drug-likeness (QED) is 0.290. The maximum atomic E-state index is 12.4. The molecule has 5 rings (SSSR count). The van der Waals surface area contributed by atoms with Crippen molar-refractivity contribution in [1.82, 2.24) is 0 Å². The number of fused-ring (bicyclic) bond motifs is 5. The van der Waals surface area contributed by atoms with Crippen LogP contribution in [0.5, 0.6) is 0 Å². The summed E-state index contributed by atoms with van der Waals surface area (Å²) >= 11 is 0. The van der Waals surface area contributed by atoms with Crippen LogP contribution in [0.25, 0.3) is 0 Å². The summed E-state index contributed by atoms with van der Waals surface area (Å²) in [5, 5.41) is 54.6. The van der Waals surface area contributed by atoms with E-state index < -0.39 is 28.3 Å². The Morgan fingerprint density at radius 2 is 1.80 bits per heavy atom. The Morgan fingerprint density at radius 1 is 1.09 bits per heavy atom. The molecule has 0 radical (unpaired) electrons. The van der Waals surface area contributed by atoms with E-state index in [4.69, 9.17) is 4.74 Å². The van der Waals surface area contributed by atoms with E-state index in [1.54, 1.807) is 19.2 Å². The maximum Gasteiger partial charge on any atom is 0.331 e. The van der Waals surface area contributed by atoms with Gasteiger partial charge in [0.1, 0.15) is 12.1 Å². The van der Waals surface area contributed by atoms with Crippen molar-refractivity contribution < 1.29 is 35.1 Å². The van der Waals surface area contributed by atoms with Gasteiger partial charge in [-0.05, 0) is 81.6 Å². The van der Waals surface area contributed by atoms with Gasteiger partial charge in [0.2, 0.25) is 0 Å². The largest absolute Gasteiger partial charge is 0.458 e. The standard InChI is InChI=1S/C27H41NO7/c1-23(15-29,16-30)28-14-25-8-3-18(31)12-26(25,33)9-5-21-20(25)4-7-24(2)19(6-10-27(21,24)34)17-11-22(32)35-13-17/h11,14,18-21,29-31,33-34H,3-10,12-13,15-16H2,1-2H3/t18?,19?,20-,21?,24+,25-,26?,27?/m0/s1. The number of aliphatic hydroxyl groups excluding tert-OH is 3. The van der Waals surface area contributed by atoms with E-state index in [-0.39, 0.29) is 48.8 Å². The van der Waals surface area contributed by atoms with Crippen molar-refractivity contribution in [2.75, 3.05) is 19.8 Å². The lowest BCUT2D eigenvalue weighted by molar-refractivity contribution is -0.237. The number of nitrogens with zero attached hydrogens (tertiary/aromatic N) is 1. The second-order valence-electron chi connectivity index (χ2n) is 12.6. The third-order valence-corrected chi connectivity index (χ3v) is 10.9. The highest BCUT2D eigenvalue weighted by atomic mass is 16.5. The summed E-state index contributed by atoms with van der Waals surface area (Å²) < 4.78 is 5.21. The number of carbonyl (C=O) groups is 1. The highest BCUT2D eigenvalue weighted by Crippen LogP contribution is 2.70. The minimum atomic E-state index is -1.16. The number of rotatable bonds is 5. The summed E-state index contributed by atoms with van der Waals surface area (Å²) in [6, 6.07) is 0. The van der Waals surface area contributed by atoms with Crippen LogP contribution in [0.4, 0.5) is 0 Å². The Bertz CT molecular complexity index is 930. The average molecular weight is 492 g/mol. The molecule has 196 valence electrons. The van der Waals surface area contributed by atoms with Crippen LogP contribution in [-0.2, 0) is 9.53 Å². The molecule has 0 bridgehead atoms. The zero-order valence-corrected chi connectivity index (χ0v) is 20.9. The molecule has 4 saturated carbocycles. The van der Waals surface area contributed by atoms with Gasteiger partial charge in [-0.25, -0.2) is 4.79 Å². The number of cyclic esters (lactones) is 1. The first-order valence-electron chi connectivity index (χ1n) is 13.2. The fourth-order valence-corrected chi connectivity index (χ4v) is 8.76. The van der Waals surface area contributed by atoms with Gasteiger partial charge in [0.05, 0.1) is 30.5 Å². The zero-order valence-electron chi connectivity index (χ0n) is 20.9. The van der Waals surface area contributed by atoms with Crippen LogP contribution in [0.1, 0.15) is 71.6 Å². The molecule has 5 aliphatic rings. The molecule has 0 saturated heterocycles. The minimum absolute atomic E-state index is 0.0357. The molecule has 0 amide bonds. The third-order valence-electron chi connectivity index (χ3n) is 10.9. The minimum Gasteiger partial charge on any atom is -0.458 e. The van der Waals surface area contributed by atoms with Crippen molar-refractivity contribution in [2.24, 2.45) is 33.6 Å². The Morgan fingerprint density at radius 3 is 2.46 bits per heavy atom. The van der Waals surface area contributed by atoms with Crippen molar-refractivity contribution in [3.8, 4) is 0 Å². The molecule has 8 nitrogen and oxygen atoms in total. The molecule has 1 heterocycles. The van der Waals surface area contributed by atoms with E-state index in [0.29, 0.717) is 38.7 Å². The summed E-state index contributed by atoms with van der Waals surface area (Å²) in [7, 11) is 0. The van der Waals surface area contributed by atoms with Crippen molar-refractivity contribution >= 4 is 12.2 Å². The zero-order chi connectivity index (χ0) is 25.3. The summed E-state index contributed by atoms with van der Waals surface area (Å²) in [5.74, 6) is -0.305. The van der Waals surface area contributed by atoms with Crippen LogP contribution in [0.15, 0.2) is 16.6 Å². The number of hydrogen-bond acceptors (Lipinski definition) is 8. The first-order valence-corrected chi connectivity index (χ1v) is 13.2. The molecule has 0 spiro atoms. The van der Waals surface area contributed by atoms with E-state index in [2.05, 4.69) is 11.9 Å². The number of ether oxygens (including phenoxy) is 1. The normalized spacial score (nSPS) is 47.7. The molecule has 1 aliphatic heterocycles. The second kappa shape index (κ2) is 8.35. The smallest absolute Gasteiger partial charge is 0.331 e. The van der Waals surface area contributed by atoms with Crippen molar-refractivity contribution in [2.45, 2.75) is 94.5 Å². The number of carbonyl (C=O) groups excluding carboxylic acids is 1. The number of esters is 1. The molecular weight excluding hydrogens is 450 g/mol. The molecule has 35 heavy (non-hydrogen) atoms. The molecular formula is C27H41NO7. The molecule has 8 heteroatoms. The first kappa shape index (κ1) is 25.3. The van der Waals surface area contributed by atoms with Crippen LogP contribution in [0.2, 0.25) is 0 Å². The average Bonchev–Trinajstić information content (AvgIpc) is 3.37. The predicted molar refractivity (Wildman–Crippen MR) is 129 cm³/mol. The van der Waals surface area contributed by atoms with Crippen LogP contribution < -0.4 is 0 Å². The Labute approximate surface area is 207 Å². The van der Waals surface area contributed by atoms with E-state index in [0.717, 1.165) is 24.8 Å². The lowest BCUT2D eigenvalue weighted by Gasteiger charge is -2.65. The van der Waals surface area contributed by atoms with E-state index in [1.807, 2.05) is 0 Å². The molecule has 4 aliphatic carbocycles. The van der Waals surface area contributed by atoms with Crippen molar-refractivity contribution in [3.05, 3.63) is 11.6 Å². The van der Waals surface area contributed by atoms with Gasteiger partial charge in [-0.15, -0.1) is 0 Å². The van der Waals surface area contributed by atoms with E-state index in [1.165, 1.54) is 0 Å². The fraction of sp³-hybridized carbons (Fsp3) is 0.852. The Hall–Kier alpha value is -1.32. The SMILES string of the molecule is CC(CO)(CO)N=C[C@]12CCC(O)CC1(O)CCC1[C@@H]2CC[C@]2(C)C(C3=CC(=O)OC3)CCC12O. The summed E-state index contributed by atoms with van der Waals surface area (Å²) in [4.78, 5) is 16.4. The number of hydrogen-bond donors (Lipinski definition) is 5. The molecule has 5 N–H and O–H groups in total. The van der Waals surface area contributed by atoms with Crippen molar-refractivity contribution in [1.29, 1.82) is 0 Å². The van der Waals surface area contributed by atoms with E-state index in [9.17, 15) is 30.3 Å². The highest BCUT2D eigenvalue weighted by Gasteiger charge is 2.71. The fourth-order valence-electron chi connectivity index (χ4n) is 8.76. The Balaban J connectivity index is 1.54. The van der Waals surface area contributed by atoms with Crippen LogP contribution in [-0.4, -0.2) is 80.4 Å². The van der Waals surface area contributed by atoms with Gasteiger partial charge in [0.15, 0.2) is 0 Å². The molecule has 5 unspecified atom stereocenters. The highest BCUT2D eigenvalue weighted by molar-refractivity contribution is 5.85. The topological polar surface area (TPSA) is 140 Å². The van der Waals surface area contributed by atoms with Gasteiger partial charge in [0, 0.05) is 29.5 Å². The van der Waals surface area contributed by atoms with Crippen molar-refractivity contribution in [3.63, 3.8) is 0 Å². The first-order chi connectivity index (χ1) is 16.5. The van der Waals surface area contributed by atoms with Gasteiger partial charge in [-0.3, -0.25) is 4.99 Å². The monoisotopic (exact) mass is 491 g/mol. The van der Waals surface area contributed by atoms with Crippen LogP contribution in [0.3, 0.4) is 0 Å². The molecule has 0 aromatic heterocycles. The molecule has 0 aromatic carbocycles. The van der Waals surface area contributed by atoms with Crippen LogP contribution in [0, 0.1) is 28.6 Å². The Kier molecular flexibility index (Phi) is 6.04. The molecule has 4 fully saturated rings. The van der Waals surface area contributed by atoms with Crippen LogP contribution >= 0.6 is 0 Å². The number of aliphatic imine (C=N–C) groups is 1. The molecule has 8 atom stereocenters. The lowest BCUT2D eigenvalue weighted by Crippen LogP contribution is -2.69. The summed E-state index contributed by atoms with van der Waals surface area (Å²) in [5.41, 5.74) is -3.31. The summed E-state index contributed by atoms with van der Waals surface area (Å²) in [6.45, 7) is 3.52. The molecule has 0 aromatic rings. The van der Waals surface area contributed by atoms with Gasteiger partial charge >= 0.3 is 5.97 Å². The second-order valence-corrected chi connectivity index (χ2v) is 12.6. The summed E-state index contributed by atoms with van der Waals surface area (Å²) in [6.07, 6.45) is 8.27. The van der Waals surface area contributed by atoms with Gasteiger partial charge in [-0.1, -0.05) is 6.92 Å².